The summed E-state index contributed by atoms with van der Waals surface area (Å²) in [4.78, 5) is 6.56. The molecule has 1 fully saturated rings. The number of anilines is 1. The molecule has 1 aromatic rings. The average Bonchev–Trinajstić information content (AvgIpc) is 3.11. The van der Waals surface area contributed by atoms with Crippen molar-refractivity contribution in [2.45, 2.75) is 26.4 Å². The van der Waals surface area contributed by atoms with E-state index in [2.05, 4.69) is 16.8 Å². The van der Waals surface area contributed by atoms with Crippen LogP contribution in [0.3, 0.4) is 0 Å². The van der Waals surface area contributed by atoms with Crippen molar-refractivity contribution in [3.8, 4) is 0 Å². The van der Waals surface area contributed by atoms with Gasteiger partial charge in [-0.2, -0.15) is 0 Å². The smallest absolute Gasteiger partial charge is 0.128 e. The lowest BCUT2D eigenvalue weighted by Gasteiger charge is -2.22. The lowest BCUT2D eigenvalue weighted by atomic mass is 10.2. The molecule has 0 bridgehead atoms. The van der Waals surface area contributed by atoms with Crippen molar-refractivity contribution in [1.29, 1.82) is 0 Å². The third-order valence-electron chi connectivity index (χ3n) is 2.97. The number of aromatic nitrogens is 1. The molecular formula is C12H17ClN2O. The first-order chi connectivity index (χ1) is 7.74. The van der Waals surface area contributed by atoms with Crippen LogP contribution >= 0.6 is 11.6 Å². The number of hydrogen-bond donors (Lipinski definition) is 1. The van der Waals surface area contributed by atoms with E-state index in [9.17, 15) is 0 Å². The summed E-state index contributed by atoms with van der Waals surface area (Å²) in [6.07, 6.45) is 4.28. The van der Waals surface area contributed by atoms with Gasteiger partial charge in [0, 0.05) is 24.8 Å². The van der Waals surface area contributed by atoms with Gasteiger partial charge in [-0.1, -0.05) is 11.6 Å². The predicted molar refractivity (Wildman–Crippen MR) is 65.8 cm³/mol. The van der Waals surface area contributed by atoms with Gasteiger partial charge in [0.25, 0.3) is 0 Å². The van der Waals surface area contributed by atoms with Gasteiger partial charge in [-0.15, -0.1) is 0 Å². The number of pyridine rings is 1. The van der Waals surface area contributed by atoms with Gasteiger partial charge in [-0.25, -0.2) is 4.98 Å². The maximum Gasteiger partial charge on any atom is 0.128 e. The van der Waals surface area contributed by atoms with Crippen molar-refractivity contribution in [3.63, 3.8) is 0 Å². The molecule has 16 heavy (non-hydrogen) atoms. The number of aliphatic hydroxyl groups excluding tert-OH is 1. The first kappa shape index (κ1) is 11.7. The Morgan fingerprint density at radius 2 is 2.31 bits per heavy atom. The summed E-state index contributed by atoms with van der Waals surface area (Å²) in [5.74, 6) is 1.75. The summed E-state index contributed by atoms with van der Waals surface area (Å²) in [6.45, 7) is 4.10. The molecule has 0 aliphatic heterocycles. The monoisotopic (exact) mass is 240 g/mol. The highest BCUT2D eigenvalue weighted by atomic mass is 35.5. The predicted octanol–water partition coefficient (Wildman–Crippen LogP) is 2.46. The molecule has 0 atom stereocenters. The van der Waals surface area contributed by atoms with Crippen molar-refractivity contribution in [2.75, 3.05) is 18.0 Å². The third kappa shape index (κ3) is 2.66. The van der Waals surface area contributed by atoms with E-state index in [4.69, 9.17) is 16.7 Å². The first-order valence-corrected chi connectivity index (χ1v) is 6.12. The number of hydrogen-bond acceptors (Lipinski definition) is 3. The minimum Gasteiger partial charge on any atom is -0.392 e. The summed E-state index contributed by atoms with van der Waals surface area (Å²) in [5, 5.41) is 9.70. The Morgan fingerprint density at radius 1 is 1.56 bits per heavy atom. The number of aliphatic hydroxyl groups is 1. The zero-order valence-electron chi connectivity index (χ0n) is 9.49. The van der Waals surface area contributed by atoms with Gasteiger partial charge >= 0.3 is 0 Å². The van der Waals surface area contributed by atoms with Crippen LogP contribution in [-0.2, 0) is 6.61 Å². The first-order valence-electron chi connectivity index (χ1n) is 5.74. The van der Waals surface area contributed by atoms with Crippen LogP contribution in [0.5, 0.6) is 0 Å². The molecule has 3 nitrogen and oxygen atoms in total. The van der Waals surface area contributed by atoms with Crippen molar-refractivity contribution in [3.05, 3.63) is 22.8 Å². The Kier molecular flexibility index (Phi) is 3.66. The van der Waals surface area contributed by atoms with Crippen molar-refractivity contribution >= 4 is 17.4 Å². The molecule has 1 aliphatic carbocycles. The normalized spacial score (nSPS) is 15.2. The molecule has 0 saturated heterocycles. The minimum absolute atomic E-state index is 0.0324. The van der Waals surface area contributed by atoms with E-state index in [-0.39, 0.29) is 6.61 Å². The standard InChI is InChI=1S/C12H17ClN2O/c1-2-15(7-9-3-4-9)12-5-10(8-16)11(13)6-14-12/h5-6,9,16H,2-4,7-8H2,1H3. The molecule has 1 N–H and O–H groups in total. The summed E-state index contributed by atoms with van der Waals surface area (Å²) in [7, 11) is 0. The van der Waals surface area contributed by atoms with Crippen LogP contribution in [0.2, 0.25) is 5.02 Å². The van der Waals surface area contributed by atoms with Gasteiger partial charge in [0.05, 0.1) is 11.6 Å². The van der Waals surface area contributed by atoms with Gasteiger partial charge < -0.3 is 10.0 Å². The van der Waals surface area contributed by atoms with E-state index < -0.39 is 0 Å². The van der Waals surface area contributed by atoms with Crippen LogP contribution in [0.25, 0.3) is 0 Å². The highest BCUT2D eigenvalue weighted by molar-refractivity contribution is 6.31. The lowest BCUT2D eigenvalue weighted by molar-refractivity contribution is 0.282. The van der Waals surface area contributed by atoms with E-state index in [1.807, 2.05) is 6.07 Å². The Hall–Kier alpha value is -0.800. The molecule has 1 aromatic heterocycles. The largest absolute Gasteiger partial charge is 0.392 e. The van der Waals surface area contributed by atoms with Crippen LogP contribution in [0.4, 0.5) is 5.82 Å². The maximum atomic E-state index is 9.16. The van der Waals surface area contributed by atoms with Crippen LogP contribution in [-0.4, -0.2) is 23.2 Å². The summed E-state index contributed by atoms with van der Waals surface area (Å²) < 4.78 is 0. The third-order valence-corrected chi connectivity index (χ3v) is 3.31. The fourth-order valence-corrected chi connectivity index (χ4v) is 1.92. The molecular weight excluding hydrogens is 224 g/mol. The molecule has 1 saturated carbocycles. The second-order valence-electron chi connectivity index (χ2n) is 4.27. The topological polar surface area (TPSA) is 36.4 Å². The van der Waals surface area contributed by atoms with Gasteiger partial charge in [-0.05, 0) is 31.7 Å². The average molecular weight is 241 g/mol. The highest BCUT2D eigenvalue weighted by Crippen LogP contribution is 2.31. The Bertz CT molecular complexity index is 366. The fourth-order valence-electron chi connectivity index (χ4n) is 1.76. The maximum absolute atomic E-state index is 9.16. The van der Waals surface area contributed by atoms with Crippen molar-refractivity contribution < 1.29 is 5.11 Å². The van der Waals surface area contributed by atoms with Gasteiger partial charge in [-0.3, -0.25) is 0 Å². The Labute approximate surface area is 101 Å². The van der Waals surface area contributed by atoms with E-state index >= 15 is 0 Å². The molecule has 0 unspecified atom stereocenters. The second kappa shape index (κ2) is 5.02. The van der Waals surface area contributed by atoms with Crippen LogP contribution in [0, 0.1) is 5.92 Å². The van der Waals surface area contributed by atoms with E-state index in [0.717, 1.165) is 30.4 Å². The fraction of sp³-hybridized carbons (Fsp3) is 0.583. The molecule has 88 valence electrons. The Balaban J connectivity index is 2.16. The van der Waals surface area contributed by atoms with Crippen LogP contribution in [0.1, 0.15) is 25.3 Å². The lowest BCUT2D eigenvalue weighted by Crippen LogP contribution is -2.26. The Morgan fingerprint density at radius 3 is 2.88 bits per heavy atom. The van der Waals surface area contributed by atoms with Gasteiger partial charge in [0.15, 0.2) is 0 Å². The highest BCUT2D eigenvalue weighted by Gasteiger charge is 2.24. The molecule has 0 aromatic carbocycles. The number of halogens is 1. The van der Waals surface area contributed by atoms with Crippen LogP contribution < -0.4 is 4.90 Å². The quantitative estimate of drug-likeness (QED) is 0.859. The molecule has 0 amide bonds. The minimum atomic E-state index is -0.0324. The molecule has 0 spiro atoms. The summed E-state index contributed by atoms with van der Waals surface area (Å²) in [5.41, 5.74) is 0.751. The zero-order valence-corrected chi connectivity index (χ0v) is 10.2. The number of rotatable bonds is 5. The zero-order chi connectivity index (χ0) is 11.5. The summed E-state index contributed by atoms with van der Waals surface area (Å²) >= 11 is 5.92. The van der Waals surface area contributed by atoms with Crippen LogP contribution in [0.15, 0.2) is 12.3 Å². The molecule has 1 aliphatic rings. The second-order valence-corrected chi connectivity index (χ2v) is 4.68. The van der Waals surface area contributed by atoms with E-state index in [0.29, 0.717) is 5.02 Å². The van der Waals surface area contributed by atoms with Crippen molar-refractivity contribution in [2.24, 2.45) is 5.92 Å². The molecule has 2 rings (SSSR count). The molecule has 4 heteroatoms. The molecule has 0 radical (unpaired) electrons. The van der Waals surface area contributed by atoms with E-state index in [1.165, 1.54) is 12.8 Å². The van der Waals surface area contributed by atoms with E-state index in [1.54, 1.807) is 6.20 Å². The van der Waals surface area contributed by atoms with Crippen molar-refractivity contribution in [1.82, 2.24) is 4.98 Å². The van der Waals surface area contributed by atoms with Gasteiger partial charge in [0.1, 0.15) is 5.82 Å². The molecule has 1 heterocycles. The number of nitrogens with zero attached hydrogens (tertiary/aromatic N) is 2. The SMILES string of the molecule is CCN(CC1CC1)c1cc(CO)c(Cl)cn1. The summed E-state index contributed by atoms with van der Waals surface area (Å²) in [6, 6.07) is 1.88. The van der Waals surface area contributed by atoms with Gasteiger partial charge in [0.2, 0.25) is 0 Å².